The minimum Gasteiger partial charge on any atom is -0.366 e. The van der Waals surface area contributed by atoms with Crippen LogP contribution in [-0.2, 0) is 0 Å². The molecule has 6 heteroatoms. The van der Waals surface area contributed by atoms with Gasteiger partial charge in [-0.05, 0) is 24.1 Å². The fourth-order valence-electron chi connectivity index (χ4n) is 1.85. The van der Waals surface area contributed by atoms with Crippen molar-refractivity contribution in [3.8, 4) is 11.8 Å². The Balaban J connectivity index is 2.20. The quantitative estimate of drug-likeness (QED) is 0.454. The summed E-state index contributed by atoms with van der Waals surface area (Å²) in [6.07, 6.45) is 3.78. The van der Waals surface area contributed by atoms with E-state index in [1.54, 1.807) is 18.4 Å². The molecule has 1 aromatic rings. The molecule has 2 rings (SSSR count). The smallest absolute Gasteiger partial charge is 0.265 e. The molecular formula is C16H13F2N3O. The molecule has 1 heterocycles. The van der Waals surface area contributed by atoms with E-state index in [0.29, 0.717) is 17.5 Å². The Labute approximate surface area is 126 Å². The maximum absolute atomic E-state index is 12.9. The molecule has 22 heavy (non-hydrogen) atoms. The number of hydrogen-bond acceptors (Lipinski definition) is 4. The fraction of sp³-hybridized carbons (Fsp3) is 0.125. The van der Waals surface area contributed by atoms with Crippen molar-refractivity contribution in [2.45, 2.75) is 12.6 Å². The molecule has 112 valence electrons. The molecule has 1 atom stereocenters. The third kappa shape index (κ3) is 3.79. The van der Waals surface area contributed by atoms with E-state index < -0.39 is 6.43 Å². The standard InChI is InChI=1S/C16H13F2N3O/c17-16(18)14-6-3-11(10-22)8-12(14)4-5-13-9-20-15(21-13)2-1-7-19/h1-3,6-10,15-16,19-21H/b2-1-,19-7?. The van der Waals surface area contributed by atoms with Crippen LogP contribution < -0.4 is 10.6 Å². The minimum absolute atomic E-state index is 0.126. The van der Waals surface area contributed by atoms with Gasteiger partial charge in [0.15, 0.2) is 0 Å². The van der Waals surface area contributed by atoms with E-state index in [2.05, 4.69) is 22.5 Å². The molecule has 0 amide bonds. The first kappa shape index (κ1) is 15.4. The van der Waals surface area contributed by atoms with Gasteiger partial charge in [0.1, 0.15) is 18.1 Å². The number of carbonyl (C=O) groups excluding carboxylic acids is 1. The van der Waals surface area contributed by atoms with Gasteiger partial charge in [0.2, 0.25) is 0 Å². The van der Waals surface area contributed by atoms with E-state index in [9.17, 15) is 13.6 Å². The molecule has 1 aliphatic heterocycles. The largest absolute Gasteiger partial charge is 0.366 e. The SMILES string of the molecule is N=C/C=C\C1NC=C(C#Cc2cc(C=O)ccc2C(F)F)N1. The number of carbonyl (C=O) groups is 1. The molecule has 0 saturated carbocycles. The molecule has 0 spiro atoms. The second-order valence-electron chi connectivity index (χ2n) is 4.41. The molecule has 0 saturated heterocycles. The zero-order chi connectivity index (χ0) is 15.9. The van der Waals surface area contributed by atoms with Crippen LogP contribution in [-0.4, -0.2) is 18.7 Å². The highest BCUT2D eigenvalue weighted by atomic mass is 19.3. The number of nitrogens with one attached hydrogen (secondary N) is 3. The number of benzene rings is 1. The van der Waals surface area contributed by atoms with Gasteiger partial charge in [-0.1, -0.05) is 18.1 Å². The average Bonchev–Trinajstić information content (AvgIpc) is 2.98. The van der Waals surface area contributed by atoms with Crippen molar-refractivity contribution >= 4 is 12.5 Å². The predicted molar refractivity (Wildman–Crippen MR) is 79.7 cm³/mol. The molecule has 0 aromatic heterocycles. The van der Waals surface area contributed by atoms with Gasteiger partial charge >= 0.3 is 0 Å². The minimum atomic E-state index is -2.66. The lowest BCUT2D eigenvalue weighted by Gasteiger charge is -2.06. The van der Waals surface area contributed by atoms with Crippen molar-refractivity contribution < 1.29 is 13.6 Å². The zero-order valence-electron chi connectivity index (χ0n) is 11.4. The molecule has 1 aliphatic rings. The molecule has 0 radical (unpaired) electrons. The second-order valence-corrected chi connectivity index (χ2v) is 4.41. The van der Waals surface area contributed by atoms with Gasteiger partial charge in [0, 0.05) is 29.1 Å². The number of alkyl halides is 2. The van der Waals surface area contributed by atoms with E-state index in [4.69, 9.17) is 5.41 Å². The van der Waals surface area contributed by atoms with Crippen LogP contribution in [0.5, 0.6) is 0 Å². The van der Waals surface area contributed by atoms with Gasteiger partial charge in [0.05, 0.1) is 0 Å². The second kappa shape index (κ2) is 7.18. The monoisotopic (exact) mass is 301 g/mol. The van der Waals surface area contributed by atoms with Crippen LogP contribution in [0.15, 0.2) is 42.2 Å². The lowest BCUT2D eigenvalue weighted by molar-refractivity contribution is 0.112. The summed E-state index contributed by atoms with van der Waals surface area (Å²) < 4.78 is 25.9. The summed E-state index contributed by atoms with van der Waals surface area (Å²) in [5.74, 6) is 5.41. The number of halogens is 2. The summed E-state index contributed by atoms with van der Waals surface area (Å²) in [6, 6.07) is 3.89. The molecule has 4 nitrogen and oxygen atoms in total. The Kier molecular flexibility index (Phi) is 5.04. The molecule has 3 N–H and O–H groups in total. The lowest BCUT2D eigenvalue weighted by Crippen LogP contribution is -2.29. The summed E-state index contributed by atoms with van der Waals surface area (Å²) in [7, 11) is 0. The Bertz CT molecular complexity index is 699. The summed E-state index contributed by atoms with van der Waals surface area (Å²) in [4.78, 5) is 10.7. The van der Waals surface area contributed by atoms with Crippen LogP contribution in [0.2, 0.25) is 0 Å². The van der Waals surface area contributed by atoms with Gasteiger partial charge < -0.3 is 16.0 Å². The maximum Gasteiger partial charge on any atom is 0.265 e. The molecular weight excluding hydrogens is 288 g/mol. The molecule has 0 fully saturated rings. The van der Waals surface area contributed by atoms with Crippen LogP contribution in [0.4, 0.5) is 8.78 Å². The summed E-state index contributed by atoms with van der Waals surface area (Å²) in [6.45, 7) is 0. The average molecular weight is 301 g/mol. The van der Waals surface area contributed by atoms with Crippen molar-refractivity contribution in [3.05, 3.63) is 58.9 Å². The van der Waals surface area contributed by atoms with Gasteiger partial charge in [-0.2, -0.15) is 0 Å². The summed E-state index contributed by atoms with van der Waals surface area (Å²) in [5.41, 5.74) is 0.758. The Morgan fingerprint density at radius 3 is 2.82 bits per heavy atom. The summed E-state index contributed by atoms with van der Waals surface area (Å²) >= 11 is 0. The van der Waals surface area contributed by atoms with Crippen LogP contribution in [0, 0.1) is 17.3 Å². The van der Waals surface area contributed by atoms with E-state index in [0.717, 1.165) is 6.21 Å². The van der Waals surface area contributed by atoms with Crippen LogP contribution in [0.3, 0.4) is 0 Å². The first-order valence-corrected chi connectivity index (χ1v) is 6.43. The molecule has 0 aliphatic carbocycles. The first-order chi connectivity index (χ1) is 10.6. The normalized spacial score (nSPS) is 16.5. The number of allylic oxidation sites excluding steroid dienone is 2. The van der Waals surface area contributed by atoms with Crippen molar-refractivity contribution in [3.63, 3.8) is 0 Å². The third-order valence-electron chi connectivity index (χ3n) is 2.90. The Hall–Kier alpha value is -2.94. The maximum atomic E-state index is 12.9. The highest BCUT2D eigenvalue weighted by Gasteiger charge is 2.13. The number of rotatable bonds is 4. The van der Waals surface area contributed by atoms with Gasteiger partial charge in [-0.25, -0.2) is 8.78 Å². The van der Waals surface area contributed by atoms with Gasteiger partial charge in [-0.3, -0.25) is 4.79 Å². The first-order valence-electron chi connectivity index (χ1n) is 6.43. The van der Waals surface area contributed by atoms with E-state index in [1.807, 2.05) is 0 Å². The van der Waals surface area contributed by atoms with Crippen LogP contribution in [0.1, 0.15) is 27.9 Å². The Morgan fingerprint density at radius 2 is 2.14 bits per heavy atom. The molecule has 1 aromatic carbocycles. The number of hydrogen-bond donors (Lipinski definition) is 3. The van der Waals surface area contributed by atoms with E-state index >= 15 is 0 Å². The predicted octanol–water partition coefficient (Wildman–Crippen LogP) is 2.35. The van der Waals surface area contributed by atoms with Gasteiger partial charge in [-0.15, -0.1) is 0 Å². The van der Waals surface area contributed by atoms with Crippen molar-refractivity contribution in [1.82, 2.24) is 10.6 Å². The van der Waals surface area contributed by atoms with Crippen LogP contribution >= 0.6 is 0 Å². The highest BCUT2D eigenvalue weighted by Crippen LogP contribution is 2.23. The number of aldehydes is 1. The van der Waals surface area contributed by atoms with Crippen molar-refractivity contribution in [2.24, 2.45) is 0 Å². The zero-order valence-corrected chi connectivity index (χ0v) is 11.4. The lowest BCUT2D eigenvalue weighted by atomic mass is 10.0. The van der Waals surface area contributed by atoms with Crippen molar-refractivity contribution in [1.29, 1.82) is 5.41 Å². The topological polar surface area (TPSA) is 65.0 Å². The van der Waals surface area contributed by atoms with E-state index in [-0.39, 0.29) is 17.3 Å². The Morgan fingerprint density at radius 1 is 1.32 bits per heavy atom. The fourth-order valence-corrected chi connectivity index (χ4v) is 1.85. The third-order valence-corrected chi connectivity index (χ3v) is 2.90. The van der Waals surface area contributed by atoms with Crippen LogP contribution in [0.25, 0.3) is 0 Å². The highest BCUT2D eigenvalue weighted by molar-refractivity contribution is 5.76. The molecule has 0 bridgehead atoms. The van der Waals surface area contributed by atoms with Gasteiger partial charge in [0.25, 0.3) is 6.43 Å². The van der Waals surface area contributed by atoms with E-state index in [1.165, 1.54) is 18.2 Å². The van der Waals surface area contributed by atoms with Crippen molar-refractivity contribution in [2.75, 3.05) is 0 Å². The molecule has 1 unspecified atom stereocenters. The summed E-state index contributed by atoms with van der Waals surface area (Å²) in [5, 5.41) is 12.9.